The predicted octanol–water partition coefficient (Wildman–Crippen LogP) is 1.07. The molecule has 1 atom stereocenters. The molecule has 2 aromatic rings. The Bertz CT molecular complexity index is 783. The van der Waals surface area contributed by atoms with Crippen molar-refractivity contribution >= 4 is 30.7 Å². The Labute approximate surface area is 148 Å². The number of fused-ring (bicyclic) bond motifs is 1. The molecule has 1 saturated heterocycles. The first-order chi connectivity index (χ1) is 11.8. The van der Waals surface area contributed by atoms with Crippen LogP contribution >= 0.6 is 0 Å². The van der Waals surface area contributed by atoms with Crippen molar-refractivity contribution in [2.24, 2.45) is 0 Å². The smallest absolute Gasteiger partial charge is 0.410 e. The summed E-state index contributed by atoms with van der Waals surface area (Å²) in [6.07, 6.45) is 4.10. The van der Waals surface area contributed by atoms with Gasteiger partial charge in [-0.2, -0.15) is 5.10 Å². The maximum atomic E-state index is 12.3. The standard InChI is InChI=1S/C17H26BN5O2/c1-17(2,3)25-16(24)22-7-4-5-11(6-8-22)13-9-12(18)14-15(19)20-10-21-23(13)14/h9-11H,4-8,18H2,1-3H3,(H2,19,20,21). The number of nitrogens with zero attached hydrogens (tertiary/aromatic N) is 4. The van der Waals surface area contributed by atoms with Gasteiger partial charge < -0.3 is 15.4 Å². The third-order valence-corrected chi connectivity index (χ3v) is 4.60. The van der Waals surface area contributed by atoms with Crippen LogP contribution in [0.15, 0.2) is 12.4 Å². The van der Waals surface area contributed by atoms with E-state index in [0.717, 1.165) is 42.5 Å². The summed E-state index contributed by atoms with van der Waals surface area (Å²) >= 11 is 0. The Morgan fingerprint density at radius 2 is 2.12 bits per heavy atom. The van der Waals surface area contributed by atoms with Gasteiger partial charge in [-0.15, -0.1) is 0 Å². The lowest BCUT2D eigenvalue weighted by molar-refractivity contribution is 0.0256. The first-order valence-electron chi connectivity index (χ1n) is 8.83. The SMILES string of the molecule is Bc1cc(C2CCCN(C(=O)OC(C)(C)C)CC2)n2ncnc(N)c12. The number of rotatable bonds is 1. The molecular formula is C17H26BN5O2. The van der Waals surface area contributed by atoms with Crippen molar-refractivity contribution in [3.63, 3.8) is 0 Å². The molecule has 134 valence electrons. The van der Waals surface area contributed by atoms with E-state index < -0.39 is 5.60 Å². The zero-order valence-corrected chi connectivity index (χ0v) is 15.5. The summed E-state index contributed by atoms with van der Waals surface area (Å²) in [6.45, 7) is 7.10. The maximum Gasteiger partial charge on any atom is 0.410 e. The minimum atomic E-state index is -0.466. The van der Waals surface area contributed by atoms with E-state index in [2.05, 4.69) is 16.1 Å². The molecule has 25 heavy (non-hydrogen) atoms. The minimum absolute atomic E-state index is 0.226. The largest absolute Gasteiger partial charge is 0.444 e. The highest BCUT2D eigenvalue weighted by molar-refractivity contribution is 6.37. The number of hydrogen-bond donors (Lipinski definition) is 1. The number of amides is 1. The van der Waals surface area contributed by atoms with E-state index in [0.29, 0.717) is 18.3 Å². The van der Waals surface area contributed by atoms with Crippen LogP contribution in [0.3, 0.4) is 0 Å². The maximum absolute atomic E-state index is 12.3. The molecule has 2 aromatic heterocycles. The predicted molar refractivity (Wildman–Crippen MR) is 100.0 cm³/mol. The summed E-state index contributed by atoms with van der Waals surface area (Å²) in [5.41, 5.74) is 8.65. The first kappa shape index (κ1) is 17.6. The Balaban J connectivity index is 1.78. The van der Waals surface area contributed by atoms with Gasteiger partial charge in [0.25, 0.3) is 0 Å². The fourth-order valence-electron chi connectivity index (χ4n) is 3.48. The molecule has 0 bridgehead atoms. The Morgan fingerprint density at radius 3 is 2.84 bits per heavy atom. The second kappa shape index (κ2) is 6.57. The van der Waals surface area contributed by atoms with Gasteiger partial charge in [-0.25, -0.2) is 14.3 Å². The van der Waals surface area contributed by atoms with Crippen molar-refractivity contribution in [1.29, 1.82) is 0 Å². The molecule has 0 spiro atoms. The molecule has 7 nitrogen and oxygen atoms in total. The van der Waals surface area contributed by atoms with Crippen molar-refractivity contribution in [2.75, 3.05) is 18.8 Å². The molecule has 0 saturated carbocycles. The van der Waals surface area contributed by atoms with E-state index in [1.807, 2.05) is 38.0 Å². The third kappa shape index (κ3) is 3.72. The number of carbonyl (C=O) groups excluding carboxylic acids is 1. The second-order valence-corrected chi connectivity index (χ2v) is 7.75. The Kier molecular flexibility index (Phi) is 4.62. The highest BCUT2D eigenvalue weighted by Crippen LogP contribution is 2.29. The zero-order valence-electron chi connectivity index (χ0n) is 15.5. The van der Waals surface area contributed by atoms with E-state index in [1.54, 1.807) is 0 Å². The second-order valence-electron chi connectivity index (χ2n) is 7.75. The van der Waals surface area contributed by atoms with E-state index in [1.165, 1.54) is 6.33 Å². The number of aromatic nitrogens is 3. The topological polar surface area (TPSA) is 85.8 Å². The van der Waals surface area contributed by atoms with Crippen molar-refractivity contribution in [1.82, 2.24) is 19.5 Å². The molecule has 1 amide bonds. The summed E-state index contributed by atoms with van der Waals surface area (Å²) < 4.78 is 7.42. The van der Waals surface area contributed by atoms with Gasteiger partial charge >= 0.3 is 6.09 Å². The van der Waals surface area contributed by atoms with Gasteiger partial charge in [-0.1, -0.05) is 5.46 Å². The number of nitrogens with two attached hydrogens (primary N) is 1. The van der Waals surface area contributed by atoms with Crippen molar-refractivity contribution < 1.29 is 9.53 Å². The van der Waals surface area contributed by atoms with E-state index in [4.69, 9.17) is 10.5 Å². The highest BCUT2D eigenvalue weighted by atomic mass is 16.6. The number of carbonyl (C=O) groups is 1. The number of anilines is 1. The minimum Gasteiger partial charge on any atom is -0.444 e. The van der Waals surface area contributed by atoms with Gasteiger partial charge in [0.2, 0.25) is 0 Å². The van der Waals surface area contributed by atoms with Crippen LogP contribution in [0.25, 0.3) is 5.52 Å². The lowest BCUT2D eigenvalue weighted by Crippen LogP contribution is -2.37. The van der Waals surface area contributed by atoms with Crippen LogP contribution in [0, 0.1) is 0 Å². The first-order valence-corrected chi connectivity index (χ1v) is 8.83. The van der Waals surface area contributed by atoms with Crippen LogP contribution in [0.2, 0.25) is 0 Å². The monoisotopic (exact) mass is 343 g/mol. The van der Waals surface area contributed by atoms with Gasteiger partial charge in [0.1, 0.15) is 25.3 Å². The fourth-order valence-corrected chi connectivity index (χ4v) is 3.48. The average Bonchev–Trinajstić information content (AvgIpc) is 2.70. The number of ether oxygens (including phenoxy) is 1. The molecule has 0 aromatic carbocycles. The zero-order chi connectivity index (χ0) is 18.2. The molecular weight excluding hydrogens is 317 g/mol. The molecule has 2 N–H and O–H groups in total. The van der Waals surface area contributed by atoms with Gasteiger partial charge in [-0.05, 0) is 46.1 Å². The van der Waals surface area contributed by atoms with Crippen LogP contribution in [-0.4, -0.2) is 52.1 Å². The molecule has 1 fully saturated rings. The molecule has 3 heterocycles. The Morgan fingerprint density at radius 1 is 1.36 bits per heavy atom. The third-order valence-electron chi connectivity index (χ3n) is 4.60. The molecule has 0 aliphatic carbocycles. The summed E-state index contributed by atoms with van der Waals surface area (Å²) in [5.74, 6) is 0.839. The van der Waals surface area contributed by atoms with Crippen LogP contribution in [-0.2, 0) is 4.74 Å². The number of hydrogen-bond acceptors (Lipinski definition) is 5. The average molecular weight is 343 g/mol. The van der Waals surface area contributed by atoms with Gasteiger partial charge in [0.05, 0.1) is 0 Å². The van der Waals surface area contributed by atoms with Crippen molar-refractivity contribution in [3.05, 3.63) is 18.1 Å². The van der Waals surface area contributed by atoms with E-state index >= 15 is 0 Å². The molecule has 1 aliphatic heterocycles. The number of nitrogen functional groups attached to an aromatic ring is 1. The normalized spacial score (nSPS) is 19.0. The molecule has 3 rings (SSSR count). The highest BCUT2D eigenvalue weighted by Gasteiger charge is 2.27. The molecule has 0 radical (unpaired) electrons. The van der Waals surface area contributed by atoms with Crippen LogP contribution in [0.4, 0.5) is 10.6 Å². The molecule has 1 unspecified atom stereocenters. The lowest BCUT2D eigenvalue weighted by atomic mass is 9.93. The van der Waals surface area contributed by atoms with Gasteiger partial charge in [0.15, 0.2) is 5.82 Å². The van der Waals surface area contributed by atoms with Crippen LogP contribution in [0.1, 0.15) is 51.6 Å². The summed E-state index contributed by atoms with van der Waals surface area (Å²) in [4.78, 5) is 18.2. The fraction of sp³-hybridized carbons (Fsp3) is 0.588. The van der Waals surface area contributed by atoms with Crippen molar-refractivity contribution in [2.45, 2.75) is 51.6 Å². The molecule has 1 aliphatic rings. The quantitative estimate of drug-likeness (QED) is 0.783. The summed E-state index contributed by atoms with van der Waals surface area (Å²) in [5, 5.41) is 4.39. The van der Waals surface area contributed by atoms with Gasteiger partial charge in [-0.3, -0.25) is 0 Å². The lowest BCUT2D eigenvalue weighted by Gasteiger charge is -2.26. The summed E-state index contributed by atoms with van der Waals surface area (Å²) in [7, 11) is 2.03. The van der Waals surface area contributed by atoms with Crippen molar-refractivity contribution in [3.8, 4) is 0 Å². The van der Waals surface area contributed by atoms with Gasteiger partial charge in [0, 0.05) is 24.7 Å². The number of likely N-dealkylation sites (tertiary alicyclic amines) is 1. The molecule has 8 heteroatoms. The van der Waals surface area contributed by atoms with Crippen LogP contribution < -0.4 is 11.2 Å². The summed E-state index contributed by atoms with van der Waals surface area (Å²) in [6, 6.07) is 2.15. The van der Waals surface area contributed by atoms with E-state index in [9.17, 15) is 4.79 Å². The van der Waals surface area contributed by atoms with Crippen LogP contribution in [0.5, 0.6) is 0 Å². The van der Waals surface area contributed by atoms with E-state index in [-0.39, 0.29) is 6.09 Å². The Hall–Kier alpha value is -2.25.